The highest BCUT2D eigenvalue weighted by molar-refractivity contribution is 7.20. The molecule has 1 amide bonds. The average Bonchev–Trinajstić information content (AvgIpc) is 3.02. The number of aromatic amines is 1. The molecule has 0 fully saturated rings. The van der Waals surface area contributed by atoms with Crippen LogP contribution in [-0.2, 0) is 16.1 Å². The minimum absolute atomic E-state index is 0.262. The van der Waals surface area contributed by atoms with Gasteiger partial charge in [-0.1, -0.05) is 12.1 Å². The number of benzene rings is 1. The third-order valence-electron chi connectivity index (χ3n) is 4.38. The van der Waals surface area contributed by atoms with Gasteiger partial charge >= 0.3 is 5.97 Å². The number of aryl methyl sites for hydroxylation is 2. The Hall–Kier alpha value is -3.20. The highest BCUT2D eigenvalue weighted by Crippen LogP contribution is 2.27. The third-order valence-corrected chi connectivity index (χ3v) is 5.55. The number of rotatable bonds is 6. The van der Waals surface area contributed by atoms with E-state index in [1.54, 1.807) is 33.1 Å². The Morgan fingerprint density at radius 2 is 1.93 bits per heavy atom. The van der Waals surface area contributed by atoms with Gasteiger partial charge in [-0.05, 0) is 44.0 Å². The number of methoxy groups -OCH3 is 1. The van der Waals surface area contributed by atoms with E-state index in [0.29, 0.717) is 28.1 Å². The van der Waals surface area contributed by atoms with Crippen molar-refractivity contribution in [3.63, 3.8) is 0 Å². The number of hydrogen-bond donors (Lipinski definition) is 2. The van der Waals surface area contributed by atoms with E-state index < -0.39 is 18.0 Å². The molecule has 3 aromatic rings. The molecule has 1 atom stereocenters. The topological polar surface area (TPSA) is 110 Å². The molecule has 0 aliphatic rings. The molecule has 0 saturated carbocycles. The number of ether oxygens (including phenoxy) is 2. The fourth-order valence-electron chi connectivity index (χ4n) is 2.79. The van der Waals surface area contributed by atoms with Crippen LogP contribution in [0, 0.1) is 13.8 Å². The summed E-state index contributed by atoms with van der Waals surface area (Å²) in [6.45, 7) is 5.13. The van der Waals surface area contributed by atoms with Crippen LogP contribution in [0.5, 0.6) is 5.75 Å². The predicted molar refractivity (Wildman–Crippen MR) is 109 cm³/mol. The smallest absolute Gasteiger partial charge is 0.349 e. The molecule has 2 N–H and O–H groups in total. The van der Waals surface area contributed by atoms with Crippen molar-refractivity contribution < 1.29 is 19.1 Å². The van der Waals surface area contributed by atoms with Crippen LogP contribution >= 0.6 is 11.3 Å². The van der Waals surface area contributed by atoms with Gasteiger partial charge in [0.2, 0.25) is 0 Å². The summed E-state index contributed by atoms with van der Waals surface area (Å²) in [7, 11) is 1.58. The van der Waals surface area contributed by atoms with E-state index in [1.807, 2.05) is 12.1 Å². The number of nitrogens with zero attached hydrogens (tertiary/aromatic N) is 1. The van der Waals surface area contributed by atoms with Crippen LogP contribution in [0.25, 0.3) is 10.2 Å². The maximum atomic E-state index is 12.5. The normalized spacial score (nSPS) is 11.9. The highest BCUT2D eigenvalue weighted by Gasteiger charge is 2.24. The van der Waals surface area contributed by atoms with E-state index in [-0.39, 0.29) is 10.4 Å². The van der Waals surface area contributed by atoms with Crippen LogP contribution < -0.4 is 15.6 Å². The first-order chi connectivity index (χ1) is 13.8. The first-order valence-electron chi connectivity index (χ1n) is 8.91. The van der Waals surface area contributed by atoms with Gasteiger partial charge in [-0.2, -0.15) is 0 Å². The lowest BCUT2D eigenvalue weighted by Gasteiger charge is -2.13. The second-order valence-electron chi connectivity index (χ2n) is 6.50. The van der Waals surface area contributed by atoms with E-state index in [1.165, 1.54) is 6.92 Å². The van der Waals surface area contributed by atoms with Crippen molar-refractivity contribution in [1.82, 2.24) is 15.3 Å². The van der Waals surface area contributed by atoms with Crippen molar-refractivity contribution in [2.75, 3.05) is 7.11 Å². The van der Waals surface area contributed by atoms with Gasteiger partial charge in [-0.15, -0.1) is 11.3 Å². The third kappa shape index (κ3) is 4.45. The van der Waals surface area contributed by atoms with Crippen LogP contribution in [0.3, 0.4) is 0 Å². The lowest BCUT2D eigenvalue weighted by Crippen LogP contribution is -2.35. The molecule has 3 rings (SSSR count). The number of H-pyrrole nitrogens is 1. The number of hydrogen-bond acceptors (Lipinski definition) is 7. The molecule has 29 heavy (non-hydrogen) atoms. The molecule has 0 radical (unpaired) electrons. The second kappa shape index (κ2) is 8.44. The summed E-state index contributed by atoms with van der Waals surface area (Å²) in [5.74, 6) is 0.119. The Morgan fingerprint density at radius 3 is 2.59 bits per heavy atom. The van der Waals surface area contributed by atoms with Crippen molar-refractivity contribution in [3.05, 3.63) is 56.4 Å². The predicted octanol–water partition coefficient (Wildman–Crippen LogP) is 2.47. The van der Waals surface area contributed by atoms with Crippen LogP contribution in [0.15, 0.2) is 29.1 Å². The van der Waals surface area contributed by atoms with Crippen molar-refractivity contribution in [3.8, 4) is 5.75 Å². The number of aromatic nitrogens is 2. The lowest BCUT2D eigenvalue weighted by molar-refractivity contribution is -0.129. The lowest BCUT2D eigenvalue weighted by atomic mass is 10.2. The van der Waals surface area contributed by atoms with Gasteiger partial charge in [-0.3, -0.25) is 9.59 Å². The molecule has 152 valence electrons. The monoisotopic (exact) mass is 415 g/mol. The van der Waals surface area contributed by atoms with Crippen molar-refractivity contribution in [1.29, 1.82) is 0 Å². The van der Waals surface area contributed by atoms with Gasteiger partial charge in [0.25, 0.3) is 11.5 Å². The summed E-state index contributed by atoms with van der Waals surface area (Å²) >= 11 is 1.08. The van der Waals surface area contributed by atoms with Gasteiger partial charge in [-0.25, -0.2) is 9.78 Å². The Labute approximate surface area is 170 Å². The summed E-state index contributed by atoms with van der Waals surface area (Å²) in [6, 6.07) is 7.27. The van der Waals surface area contributed by atoms with Gasteiger partial charge in [0, 0.05) is 6.54 Å². The fraction of sp³-hybridized carbons (Fsp3) is 0.300. The van der Waals surface area contributed by atoms with Gasteiger partial charge in [0.05, 0.1) is 12.5 Å². The zero-order valence-corrected chi connectivity index (χ0v) is 17.3. The van der Waals surface area contributed by atoms with E-state index in [9.17, 15) is 14.4 Å². The number of fused-ring (bicyclic) bond motifs is 1. The zero-order valence-electron chi connectivity index (χ0n) is 16.5. The molecule has 0 bridgehead atoms. The fourth-order valence-corrected chi connectivity index (χ4v) is 3.90. The maximum absolute atomic E-state index is 12.5. The number of nitrogens with one attached hydrogen (secondary N) is 2. The first-order valence-corrected chi connectivity index (χ1v) is 9.73. The van der Waals surface area contributed by atoms with Crippen molar-refractivity contribution in [2.24, 2.45) is 0 Å². The van der Waals surface area contributed by atoms with Crippen LogP contribution in [-0.4, -0.2) is 35.1 Å². The van der Waals surface area contributed by atoms with Gasteiger partial charge in [0.15, 0.2) is 6.10 Å². The second-order valence-corrected chi connectivity index (χ2v) is 7.50. The quantitative estimate of drug-likeness (QED) is 0.599. The molecule has 2 heterocycles. The molecule has 1 aromatic carbocycles. The SMILES string of the molecule is COc1ccc(CNC(=O)C(C)OC(=O)c2sc3nc(C)[nH]c(=O)c3c2C)cc1. The van der Waals surface area contributed by atoms with E-state index in [2.05, 4.69) is 15.3 Å². The summed E-state index contributed by atoms with van der Waals surface area (Å²) < 4.78 is 10.4. The molecular formula is C20H21N3O5S. The largest absolute Gasteiger partial charge is 0.497 e. The summed E-state index contributed by atoms with van der Waals surface area (Å²) in [5, 5.41) is 3.09. The number of thiophene rings is 1. The molecular weight excluding hydrogens is 394 g/mol. The Morgan fingerprint density at radius 1 is 1.24 bits per heavy atom. The minimum Gasteiger partial charge on any atom is -0.497 e. The first kappa shape index (κ1) is 20.5. The Bertz CT molecular complexity index is 1120. The molecule has 1 unspecified atom stereocenters. The molecule has 2 aromatic heterocycles. The van der Waals surface area contributed by atoms with E-state index in [0.717, 1.165) is 22.6 Å². The molecule has 0 aliphatic carbocycles. The van der Waals surface area contributed by atoms with Crippen molar-refractivity contribution in [2.45, 2.75) is 33.4 Å². The summed E-state index contributed by atoms with van der Waals surface area (Å²) in [4.78, 5) is 44.6. The minimum atomic E-state index is -0.988. The van der Waals surface area contributed by atoms with Crippen LogP contribution in [0.1, 0.15) is 33.5 Å². The standard InChI is InChI=1S/C20H21N3O5S/c1-10-15-18(25)22-12(3)23-19(15)29-16(10)20(26)28-11(2)17(24)21-9-13-5-7-14(27-4)8-6-13/h5-8,11H,9H2,1-4H3,(H,21,24)(H,22,23,25). The van der Waals surface area contributed by atoms with E-state index in [4.69, 9.17) is 9.47 Å². The number of carbonyl (C=O) groups is 2. The maximum Gasteiger partial charge on any atom is 0.349 e. The Kier molecular flexibility index (Phi) is 5.97. The number of amides is 1. The van der Waals surface area contributed by atoms with Crippen LogP contribution in [0.2, 0.25) is 0 Å². The molecule has 9 heteroatoms. The molecule has 0 aliphatic heterocycles. The number of esters is 1. The summed E-state index contributed by atoms with van der Waals surface area (Å²) in [5.41, 5.74) is 1.08. The Balaban J connectivity index is 1.66. The van der Waals surface area contributed by atoms with Crippen LogP contribution in [0.4, 0.5) is 0 Å². The van der Waals surface area contributed by atoms with Gasteiger partial charge < -0.3 is 19.8 Å². The van der Waals surface area contributed by atoms with E-state index >= 15 is 0 Å². The highest BCUT2D eigenvalue weighted by atomic mass is 32.1. The zero-order chi connectivity index (χ0) is 21.1. The van der Waals surface area contributed by atoms with Crippen molar-refractivity contribution >= 4 is 33.4 Å². The van der Waals surface area contributed by atoms with Gasteiger partial charge in [0.1, 0.15) is 21.3 Å². The average molecular weight is 415 g/mol. The molecule has 0 spiro atoms. The summed E-state index contributed by atoms with van der Waals surface area (Å²) in [6.07, 6.45) is -0.988. The molecule has 0 saturated heterocycles. The molecule has 8 nitrogen and oxygen atoms in total. The number of carbonyl (C=O) groups excluding carboxylic acids is 2.